The molecule has 0 spiro atoms. The van der Waals surface area contributed by atoms with Gasteiger partial charge in [0.15, 0.2) is 0 Å². The van der Waals surface area contributed by atoms with Gasteiger partial charge in [0, 0.05) is 25.8 Å². The zero-order chi connectivity index (χ0) is 15.2. The summed E-state index contributed by atoms with van der Waals surface area (Å²) in [5.41, 5.74) is 0. The van der Waals surface area contributed by atoms with E-state index in [2.05, 4.69) is 0 Å². The summed E-state index contributed by atoms with van der Waals surface area (Å²) in [5.74, 6) is -0.186. The second-order valence-corrected chi connectivity index (χ2v) is 4.38. The molecule has 0 heterocycles. The summed E-state index contributed by atoms with van der Waals surface area (Å²) in [6, 6.07) is 0. The highest BCUT2D eigenvalue weighted by atomic mass is 35.5. The highest BCUT2D eigenvalue weighted by Crippen LogP contribution is 2.09. The molecular weight excluding hydrogens is 288 g/mol. The molecule has 0 N–H and O–H groups in total. The monoisotopic (exact) mass is 310 g/mol. The van der Waals surface area contributed by atoms with E-state index in [1.807, 2.05) is 0 Å². The van der Waals surface area contributed by atoms with E-state index in [9.17, 15) is 9.59 Å². The normalized spacial score (nSPS) is 12.2. The summed E-state index contributed by atoms with van der Waals surface area (Å²) in [4.78, 5) is 23.0. The van der Waals surface area contributed by atoms with E-state index in [1.165, 1.54) is 0 Å². The maximum absolute atomic E-state index is 11.6. The molecule has 0 unspecified atom stereocenters. The number of carbonyl (C=O) groups excluding carboxylic acids is 2. The fourth-order valence-electron chi connectivity index (χ4n) is 1.40. The van der Waals surface area contributed by atoms with Gasteiger partial charge >= 0.3 is 5.97 Å². The van der Waals surface area contributed by atoms with Gasteiger partial charge in [-0.05, 0) is 6.92 Å². The van der Waals surface area contributed by atoms with Gasteiger partial charge in [0.2, 0.25) is 0 Å². The van der Waals surface area contributed by atoms with Gasteiger partial charge in [-0.15, -0.1) is 11.6 Å². The topological polar surface area (TPSA) is 71.1 Å². The van der Waals surface area contributed by atoms with Gasteiger partial charge in [-0.2, -0.15) is 0 Å². The number of Topliss-reactive ketones (excluding diaryl/α,β-unsaturated/α-hetero) is 1. The standard InChI is InChI=1S/C13H23ClO6/c1-3-19-13(16)9-12(8-11(15)4-5-14)20-10-18-7-6-17-2/h12H,3-10H2,1-2H3/t12-/m0/s1. The van der Waals surface area contributed by atoms with E-state index in [-0.39, 0.29) is 37.7 Å². The molecule has 0 amide bonds. The van der Waals surface area contributed by atoms with Crippen molar-refractivity contribution < 1.29 is 28.5 Å². The van der Waals surface area contributed by atoms with E-state index in [0.29, 0.717) is 19.8 Å². The van der Waals surface area contributed by atoms with Crippen LogP contribution in [0.4, 0.5) is 0 Å². The van der Waals surface area contributed by atoms with Crippen molar-refractivity contribution in [3.8, 4) is 0 Å². The third-order valence-electron chi connectivity index (χ3n) is 2.35. The lowest BCUT2D eigenvalue weighted by molar-refractivity contribution is -0.151. The van der Waals surface area contributed by atoms with Crippen molar-refractivity contribution in [3.63, 3.8) is 0 Å². The van der Waals surface area contributed by atoms with E-state index < -0.39 is 12.1 Å². The molecule has 0 aromatic rings. The fourth-order valence-corrected chi connectivity index (χ4v) is 1.61. The molecule has 0 fully saturated rings. The van der Waals surface area contributed by atoms with Crippen molar-refractivity contribution in [2.45, 2.75) is 32.3 Å². The minimum absolute atomic E-state index is 0.00157. The maximum atomic E-state index is 11.6. The number of ketones is 1. The second kappa shape index (κ2) is 13.3. The van der Waals surface area contributed by atoms with Crippen LogP contribution < -0.4 is 0 Å². The van der Waals surface area contributed by atoms with Gasteiger partial charge < -0.3 is 18.9 Å². The zero-order valence-electron chi connectivity index (χ0n) is 12.1. The lowest BCUT2D eigenvalue weighted by Gasteiger charge is -2.16. The van der Waals surface area contributed by atoms with Crippen LogP contribution in [-0.2, 0) is 28.5 Å². The predicted molar refractivity (Wildman–Crippen MR) is 73.8 cm³/mol. The Labute approximate surface area is 124 Å². The third-order valence-corrected chi connectivity index (χ3v) is 2.54. The Morgan fingerprint density at radius 1 is 1.20 bits per heavy atom. The molecule has 0 saturated heterocycles. The Bertz CT molecular complexity index is 252. The van der Waals surface area contributed by atoms with Crippen LogP contribution in [0.2, 0.25) is 0 Å². The molecule has 20 heavy (non-hydrogen) atoms. The number of alkyl halides is 1. The van der Waals surface area contributed by atoms with Crippen molar-refractivity contribution >= 4 is 23.4 Å². The number of methoxy groups -OCH3 is 1. The summed E-state index contributed by atoms with van der Waals surface area (Å²) in [6.07, 6.45) is -0.143. The summed E-state index contributed by atoms with van der Waals surface area (Å²) >= 11 is 5.51. The molecule has 0 radical (unpaired) electrons. The van der Waals surface area contributed by atoms with Crippen LogP contribution in [-0.4, -0.2) is 57.5 Å². The molecular formula is C13H23ClO6. The minimum Gasteiger partial charge on any atom is -0.466 e. The van der Waals surface area contributed by atoms with Crippen molar-refractivity contribution in [1.29, 1.82) is 0 Å². The van der Waals surface area contributed by atoms with Crippen molar-refractivity contribution in [2.75, 3.05) is 39.6 Å². The van der Waals surface area contributed by atoms with Crippen LogP contribution in [0.3, 0.4) is 0 Å². The van der Waals surface area contributed by atoms with Crippen LogP contribution in [0.5, 0.6) is 0 Å². The first kappa shape index (κ1) is 19.3. The van der Waals surface area contributed by atoms with Crippen molar-refractivity contribution in [3.05, 3.63) is 0 Å². The summed E-state index contributed by atoms with van der Waals surface area (Å²) in [7, 11) is 1.57. The highest BCUT2D eigenvalue weighted by molar-refractivity contribution is 6.19. The number of esters is 1. The molecule has 0 rings (SSSR count). The molecule has 0 aliphatic heterocycles. The molecule has 0 aromatic heterocycles. The van der Waals surface area contributed by atoms with E-state index in [0.717, 1.165) is 0 Å². The fraction of sp³-hybridized carbons (Fsp3) is 0.846. The van der Waals surface area contributed by atoms with Crippen molar-refractivity contribution in [1.82, 2.24) is 0 Å². The average molecular weight is 311 g/mol. The number of hydrogen-bond donors (Lipinski definition) is 0. The largest absolute Gasteiger partial charge is 0.466 e. The third kappa shape index (κ3) is 11.2. The van der Waals surface area contributed by atoms with Crippen LogP contribution in [0.15, 0.2) is 0 Å². The SMILES string of the molecule is CCOC(=O)C[C@H](CC(=O)CCCl)OCOCCOC. The Kier molecular flexibility index (Phi) is 12.8. The molecule has 6 nitrogen and oxygen atoms in total. The lowest BCUT2D eigenvalue weighted by atomic mass is 10.1. The Hall–Kier alpha value is -0.690. The number of ether oxygens (including phenoxy) is 4. The first-order valence-corrected chi connectivity index (χ1v) is 7.09. The van der Waals surface area contributed by atoms with Crippen LogP contribution in [0.25, 0.3) is 0 Å². The lowest BCUT2D eigenvalue weighted by Crippen LogP contribution is -2.24. The number of hydrogen-bond acceptors (Lipinski definition) is 6. The Morgan fingerprint density at radius 2 is 1.95 bits per heavy atom. The van der Waals surface area contributed by atoms with Gasteiger partial charge in [-0.25, -0.2) is 0 Å². The smallest absolute Gasteiger partial charge is 0.308 e. The first-order chi connectivity index (χ1) is 9.63. The van der Waals surface area contributed by atoms with E-state index in [4.69, 9.17) is 30.5 Å². The molecule has 1 atom stereocenters. The summed E-state index contributed by atoms with van der Waals surface area (Å²) in [6.45, 7) is 2.86. The van der Waals surface area contributed by atoms with E-state index >= 15 is 0 Å². The minimum atomic E-state index is -0.549. The Balaban J connectivity index is 4.10. The highest BCUT2D eigenvalue weighted by Gasteiger charge is 2.19. The molecule has 7 heteroatoms. The molecule has 0 aliphatic carbocycles. The Morgan fingerprint density at radius 3 is 2.55 bits per heavy atom. The van der Waals surface area contributed by atoms with Crippen LogP contribution in [0, 0.1) is 0 Å². The second-order valence-electron chi connectivity index (χ2n) is 4.00. The molecule has 0 aromatic carbocycles. The van der Waals surface area contributed by atoms with Gasteiger partial charge in [-0.1, -0.05) is 0 Å². The maximum Gasteiger partial charge on any atom is 0.308 e. The number of halogens is 1. The van der Waals surface area contributed by atoms with Crippen LogP contribution >= 0.6 is 11.6 Å². The first-order valence-electron chi connectivity index (χ1n) is 6.55. The number of carbonyl (C=O) groups is 2. The van der Waals surface area contributed by atoms with Crippen LogP contribution in [0.1, 0.15) is 26.2 Å². The zero-order valence-corrected chi connectivity index (χ0v) is 12.8. The predicted octanol–water partition coefficient (Wildman–Crippen LogP) is 1.53. The van der Waals surface area contributed by atoms with Gasteiger partial charge in [-0.3, -0.25) is 9.59 Å². The van der Waals surface area contributed by atoms with E-state index in [1.54, 1.807) is 14.0 Å². The van der Waals surface area contributed by atoms with Gasteiger partial charge in [0.05, 0.1) is 32.3 Å². The summed E-state index contributed by atoms with van der Waals surface area (Å²) < 4.78 is 20.2. The van der Waals surface area contributed by atoms with Crippen molar-refractivity contribution in [2.24, 2.45) is 0 Å². The summed E-state index contributed by atoms with van der Waals surface area (Å²) in [5, 5.41) is 0. The number of rotatable bonds is 13. The molecule has 0 aliphatic rings. The molecule has 0 saturated carbocycles. The van der Waals surface area contributed by atoms with Gasteiger partial charge in [0.1, 0.15) is 12.6 Å². The quantitative estimate of drug-likeness (QED) is 0.222. The molecule has 0 bridgehead atoms. The molecule has 118 valence electrons. The van der Waals surface area contributed by atoms with Gasteiger partial charge in [0.25, 0.3) is 0 Å². The average Bonchev–Trinajstić information content (AvgIpc) is 2.38.